The highest BCUT2D eigenvalue weighted by molar-refractivity contribution is 7.23. The zero-order valence-electron chi connectivity index (χ0n) is 18.5. The Balaban J connectivity index is 1.42. The molecule has 5 heterocycles. The number of aromatic nitrogens is 5. The molecule has 35 heavy (non-hydrogen) atoms. The molecule has 0 N–H and O–H groups in total. The quantitative estimate of drug-likeness (QED) is 0.269. The van der Waals surface area contributed by atoms with E-state index in [2.05, 4.69) is 105 Å². The molecule has 0 radical (unpaired) electrons. The summed E-state index contributed by atoms with van der Waals surface area (Å²) in [5.41, 5.74) is 7.73. The molecule has 0 saturated heterocycles. The second-order valence-corrected chi connectivity index (χ2v) is 9.71. The number of hydrogen-bond donors (Lipinski definition) is 0. The number of para-hydroxylation sites is 2. The minimum Gasteiger partial charge on any atom is -0.309 e. The van der Waals surface area contributed by atoms with Crippen molar-refractivity contribution in [3.63, 3.8) is 0 Å². The zero-order chi connectivity index (χ0) is 22.9. The first-order valence-electron chi connectivity index (χ1n) is 11.4. The lowest BCUT2D eigenvalue weighted by Crippen LogP contribution is -1.93. The van der Waals surface area contributed by atoms with E-state index in [-0.39, 0.29) is 0 Å². The van der Waals surface area contributed by atoms with Crippen LogP contribution in [-0.2, 0) is 0 Å². The Morgan fingerprint density at radius 3 is 2.49 bits per heavy atom. The Kier molecular flexibility index (Phi) is 3.75. The van der Waals surface area contributed by atoms with Crippen LogP contribution in [0.3, 0.4) is 0 Å². The maximum Gasteiger partial charge on any atom is 0.116 e. The fraction of sp³-hybridized carbons (Fsp3) is 0. The Hall–Kier alpha value is -4.55. The van der Waals surface area contributed by atoms with Gasteiger partial charge in [-0.2, -0.15) is 5.10 Å². The number of thiophene rings is 1. The summed E-state index contributed by atoms with van der Waals surface area (Å²) >= 11 is 1.79. The summed E-state index contributed by atoms with van der Waals surface area (Å²) in [6.45, 7) is 0. The van der Waals surface area contributed by atoms with Crippen LogP contribution in [0.1, 0.15) is 0 Å². The summed E-state index contributed by atoms with van der Waals surface area (Å²) in [4.78, 5) is 10.1. The molecule has 0 fully saturated rings. The van der Waals surface area contributed by atoms with Crippen molar-refractivity contribution in [1.29, 1.82) is 0 Å². The van der Waals surface area contributed by atoms with E-state index in [0.29, 0.717) is 0 Å². The van der Waals surface area contributed by atoms with Gasteiger partial charge in [-0.1, -0.05) is 42.5 Å². The van der Waals surface area contributed by atoms with Crippen molar-refractivity contribution < 1.29 is 0 Å². The van der Waals surface area contributed by atoms with Gasteiger partial charge in [0.15, 0.2) is 0 Å². The molecule has 8 rings (SSSR count). The van der Waals surface area contributed by atoms with E-state index in [0.717, 1.165) is 21.9 Å². The maximum atomic E-state index is 4.61. The van der Waals surface area contributed by atoms with Crippen LogP contribution >= 0.6 is 11.3 Å². The van der Waals surface area contributed by atoms with E-state index >= 15 is 0 Å². The van der Waals surface area contributed by atoms with Gasteiger partial charge in [0.1, 0.15) is 17.4 Å². The molecule has 8 aromatic rings. The molecule has 0 aliphatic carbocycles. The molecule has 0 amide bonds. The Bertz CT molecular complexity index is 2060. The maximum absolute atomic E-state index is 4.61. The summed E-state index contributed by atoms with van der Waals surface area (Å²) in [6, 6.07) is 30.3. The molecule has 0 bridgehead atoms. The molecular weight excluding hydrogens is 450 g/mol. The zero-order valence-corrected chi connectivity index (χ0v) is 19.3. The smallest absolute Gasteiger partial charge is 0.116 e. The highest BCUT2D eigenvalue weighted by Crippen LogP contribution is 2.41. The third-order valence-corrected chi connectivity index (χ3v) is 7.96. The lowest BCUT2D eigenvalue weighted by atomic mass is 10.1. The van der Waals surface area contributed by atoms with Gasteiger partial charge in [-0.25, -0.2) is 14.5 Å². The first kappa shape index (κ1) is 18.8. The van der Waals surface area contributed by atoms with Crippen molar-refractivity contribution in [3.05, 3.63) is 104 Å². The van der Waals surface area contributed by atoms with E-state index < -0.39 is 0 Å². The average molecular weight is 468 g/mol. The van der Waals surface area contributed by atoms with E-state index in [1.165, 1.54) is 42.6 Å². The molecule has 0 saturated carbocycles. The Labute approximate surface area is 203 Å². The largest absolute Gasteiger partial charge is 0.309 e. The van der Waals surface area contributed by atoms with Crippen molar-refractivity contribution in [2.75, 3.05) is 0 Å². The van der Waals surface area contributed by atoms with Gasteiger partial charge in [0.2, 0.25) is 0 Å². The number of benzene rings is 3. The van der Waals surface area contributed by atoms with Crippen molar-refractivity contribution in [2.45, 2.75) is 0 Å². The van der Waals surface area contributed by atoms with Gasteiger partial charge >= 0.3 is 0 Å². The van der Waals surface area contributed by atoms with E-state index in [1.54, 1.807) is 17.7 Å². The van der Waals surface area contributed by atoms with E-state index in [4.69, 9.17) is 0 Å². The molecule has 5 nitrogen and oxygen atoms in total. The number of rotatable bonds is 2. The lowest BCUT2D eigenvalue weighted by Gasteiger charge is -2.07. The number of fused-ring (bicyclic) bond motifs is 9. The topological polar surface area (TPSA) is 48.0 Å². The highest BCUT2D eigenvalue weighted by atomic mass is 32.1. The van der Waals surface area contributed by atoms with Crippen LogP contribution < -0.4 is 0 Å². The molecule has 5 aromatic heterocycles. The second-order valence-electron chi connectivity index (χ2n) is 8.66. The van der Waals surface area contributed by atoms with Crippen molar-refractivity contribution in [2.24, 2.45) is 0 Å². The van der Waals surface area contributed by atoms with Crippen LogP contribution in [0.5, 0.6) is 0 Å². The number of hydrogen-bond acceptors (Lipinski definition) is 4. The predicted octanol–water partition coefficient (Wildman–Crippen LogP) is 7.26. The van der Waals surface area contributed by atoms with Crippen LogP contribution in [0.2, 0.25) is 0 Å². The molecule has 3 aromatic carbocycles. The second kappa shape index (κ2) is 6.98. The van der Waals surface area contributed by atoms with Gasteiger partial charge in [-0.3, -0.25) is 0 Å². The van der Waals surface area contributed by atoms with E-state index in [1.807, 2.05) is 16.9 Å². The van der Waals surface area contributed by atoms with Gasteiger partial charge in [-0.15, -0.1) is 11.3 Å². The standard InChI is InChI=1S/C29H17N5S/c1-2-6-19(7-3-1)33-23-9-5-4-8-20(23)21-14-18(10-11-24(21)33)27-15-22-28-26(16-30-17-31-28)34-25(12-13-32-34)29(22)35-27/h1-17H. The monoisotopic (exact) mass is 467 g/mol. The van der Waals surface area contributed by atoms with Crippen molar-refractivity contribution in [3.8, 4) is 16.1 Å². The SMILES string of the molecule is c1ccc(-n2c3ccccc3c3cc(-c4cc5c6ncncc6n6nccc6c5s4)ccc32)cc1. The summed E-state index contributed by atoms with van der Waals surface area (Å²) < 4.78 is 5.48. The minimum absolute atomic E-state index is 0.922. The minimum atomic E-state index is 0.922. The van der Waals surface area contributed by atoms with Crippen LogP contribution in [-0.4, -0.2) is 24.1 Å². The van der Waals surface area contributed by atoms with E-state index in [9.17, 15) is 0 Å². The van der Waals surface area contributed by atoms with Gasteiger partial charge in [-0.05, 0) is 48.0 Å². The van der Waals surface area contributed by atoms with Crippen LogP contribution in [0.4, 0.5) is 0 Å². The number of nitrogens with zero attached hydrogens (tertiary/aromatic N) is 5. The predicted molar refractivity (Wildman–Crippen MR) is 143 cm³/mol. The lowest BCUT2D eigenvalue weighted by molar-refractivity contribution is 0.998. The molecule has 0 aliphatic rings. The number of pyridine rings is 1. The third-order valence-electron chi connectivity index (χ3n) is 6.76. The third kappa shape index (κ3) is 2.60. The van der Waals surface area contributed by atoms with Crippen LogP contribution in [0.25, 0.3) is 64.6 Å². The molecule has 0 unspecified atom stereocenters. The molecular formula is C29H17N5S. The first-order valence-corrected chi connectivity index (χ1v) is 12.3. The highest BCUT2D eigenvalue weighted by Gasteiger charge is 2.17. The Morgan fingerprint density at radius 2 is 1.54 bits per heavy atom. The average Bonchev–Trinajstić information content (AvgIpc) is 3.65. The summed E-state index contributed by atoms with van der Waals surface area (Å²) in [7, 11) is 0. The molecule has 164 valence electrons. The van der Waals surface area contributed by atoms with Crippen molar-refractivity contribution in [1.82, 2.24) is 24.1 Å². The fourth-order valence-electron chi connectivity index (χ4n) is 5.23. The molecule has 0 atom stereocenters. The summed E-state index contributed by atoms with van der Waals surface area (Å²) in [5, 5.41) is 8.17. The van der Waals surface area contributed by atoms with Crippen LogP contribution in [0, 0.1) is 0 Å². The van der Waals surface area contributed by atoms with Crippen molar-refractivity contribution >= 4 is 59.8 Å². The molecule has 0 spiro atoms. The van der Waals surface area contributed by atoms with Gasteiger partial charge < -0.3 is 4.57 Å². The normalized spacial score (nSPS) is 12.0. The van der Waals surface area contributed by atoms with Crippen LogP contribution in [0.15, 0.2) is 104 Å². The summed E-state index contributed by atoms with van der Waals surface area (Å²) in [6.07, 6.45) is 5.29. The summed E-state index contributed by atoms with van der Waals surface area (Å²) in [5.74, 6) is 0. The fourth-order valence-corrected chi connectivity index (χ4v) is 6.40. The molecule has 6 heteroatoms. The van der Waals surface area contributed by atoms with Gasteiger partial charge in [0, 0.05) is 26.7 Å². The van der Waals surface area contributed by atoms with Gasteiger partial charge in [0.25, 0.3) is 0 Å². The van der Waals surface area contributed by atoms with Gasteiger partial charge in [0.05, 0.1) is 33.6 Å². The Morgan fingerprint density at radius 1 is 0.686 bits per heavy atom. The molecule has 0 aliphatic heterocycles. The first-order chi connectivity index (χ1) is 17.4.